The lowest BCUT2D eigenvalue weighted by Crippen LogP contribution is -1.90. The predicted molar refractivity (Wildman–Crippen MR) is 101 cm³/mol. The molecule has 0 bridgehead atoms. The van der Waals surface area contributed by atoms with Crippen LogP contribution in [-0.4, -0.2) is 0 Å². The Morgan fingerprint density at radius 1 is 0.800 bits per heavy atom. The molecule has 0 N–H and O–H groups in total. The molecule has 0 aromatic heterocycles. The number of hydrogen-bond donors (Lipinski definition) is 0. The van der Waals surface area contributed by atoms with E-state index in [4.69, 9.17) is 14.2 Å². The monoisotopic (exact) mass is 334 g/mol. The van der Waals surface area contributed by atoms with Gasteiger partial charge in [0, 0.05) is 11.1 Å². The fourth-order valence-corrected chi connectivity index (χ4v) is 3.40. The summed E-state index contributed by atoms with van der Waals surface area (Å²) in [4.78, 5) is 0. The van der Waals surface area contributed by atoms with Crippen LogP contribution in [0.1, 0.15) is 48.9 Å². The molecule has 2 aliphatic rings. The van der Waals surface area contributed by atoms with Gasteiger partial charge in [0.05, 0.1) is 0 Å². The van der Waals surface area contributed by atoms with Crippen molar-refractivity contribution in [1.82, 2.24) is 0 Å². The first-order chi connectivity index (χ1) is 12.2. The second kappa shape index (κ2) is 5.99. The van der Waals surface area contributed by atoms with E-state index < -0.39 is 0 Å². The van der Waals surface area contributed by atoms with E-state index >= 15 is 0 Å². The van der Waals surface area contributed by atoms with Gasteiger partial charge in [-0.1, -0.05) is 52.0 Å². The normalized spacial score (nSPS) is 12.4. The van der Waals surface area contributed by atoms with Crippen molar-refractivity contribution >= 4 is 12.2 Å². The van der Waals surface area contributed by atoms with Gasteiger partial charge in [0.1, 0.15) is 0 Å². The largest absolute Gasteiger partial charge is 0.449 e. The van der Waals surface area contributed by atoms with E-state index in [0.29, 0.717) is 0 Å². The quantitative estimate of drug-likeness (QED) is 0.329. The maximum Gasteiger partial charge on any atom is 0.213 e. The number of ether oxygens (including phenoxy) is 3. The molecular weight excluding hydrogens is 312 g/mol. The van der Waals surface area contributed by atoms with Crippen molar-refractivity contribution in [3.63, 3.8) is 0 Å². The molecule has 4 rings (SSSR count). The van der Waals surface area contributed by atoms with Crippen molar-refractivity contribution in [3.05, 3.63) is 47.5 Å². The topological polar surface area (TPSA) is 34.3 Å². The Morgan fingerprint density at radius 3 is 1.60 bits per heavy atom. The van der Waals surface area contributed by atoms with Crippen LogP contribution in [0.3, 0.4) is 0 Å². The van der Waals surface area contributed by atoms with E-state index in [1.54, 1.807) is 0 Å². The third kappa shape index (κ3) is 2.60. The van der Waals surface area contributed by atoms with Crippen molar-refractivity contribution in [2.24, 2.45) is 0 Å². The molecule has 0 spiro atoms. The Kier molecular flexibility index (Phi) is 3.79. The van der Waals surface area contributed by atoms with Gasteiger partial charge in [0.25, 0.3) is 0 Å². The maximum atomic E-state index is 6.20. The number of fused-ring (bicyclic) bond motifs is 2. The Morgan fingerprint density at radius 2 is 1.24 bits per heavy atom. The van der Waals surface area contributed by atoms with Crippen LogP contribution in [0.4, 0.5) is 0 Å². The first-order valence-corrected chi connectivity index (χ1v) is 8.89. The summed E-state index contributed by atoms with van der Waals surface area (Å²) in [6.07, 6.45) is 7.80. The van der Waals surface area contributed by atoms with Crippen LogP contribution in [0.15, 0.2) is 25.3 Å². The Balaban J connectivity index is 1.71. The minimum absolute atomic E-state index is 0.760. The smallest absolute Gasteiger partial charge is 0.213 e. The molecular formula is C22H22O3. The molecule has 0 unspecified atom stereocenters. The summed E-state index contributed by atoms with van der Waals surface area (Å²) >= 11 is 0. The Bertz CT molecular complexity index is 820. The van der Waals surface area contributed by atoms with Gasteiger partial charge in [-0.05, 0) is 36.1 Å². The molecule has 0 fully saturated rings. The van der Waals surface area contributed by atoms with Gasteiger partial charge in [-0.3, -0.25) is 0 Å². The third-order valence-electron chi connectivity index (χ3n) is 4.64. The minimum Gasteiger partial charge on any atom is -0.449 e. The van der Waals surface area contributed by atoms with E-state index in [0.717, 1.165) is 71.3 Å². The van der Waals surface area contributed by atoms with Crippen LogP contribution in [0.25, 0.3) is 12.2 Å². The van der Waals surface area contributed by atoms with Crippen LogP contribution in [-0.2, 0) is 12.8 Å². The summed E-state index contributed by atoms with van der Waals surface area (Å²) in [5, 5.41) is 0. The Hall–Kier alpha value is -2.68. The fraction of sp³-hybridized carbons (Fsp3) is 0.273. The summed E-state index contributed by atoms with van der Waals surface area (Å²) < 4.78 is 17.6. The number of rotatable bonds is 8. The van der Waals surface area contributed by atoms with E-state index in [1.165, 1.54) is 11.1 Å². The summed E-state index contributed by atoms with van der Waals surface area (Å²) in [7, 11) is 0. The molecule has 2 heterocycles. The average Bonchev–Trinajstić information content (AvgIpc) is 3.49. The van der Waals surface area contributed by atoms with Gasteiger partial charge >= 0.3 is 0 Å². The van der Waals surface area contributed by atoms with Crippen molar-refractivity contribution in [1.29, 1.82) is 0 Å². The molecule has 0 atom stereocenters. The molecule has 2 aromatic rings. The van der Waals surface area contributed by atoms with Gasteiger partial charge in [-0.2, -0.15) is 0 Å². The molecule has 0 saturated carbocycles. The van der Waals surface area contributed by atoms with Crippen LogP contribution >= 0.6 is 0 Å². The lowest BCUT2D eigenvalue weighted by atomic mass is 10.0. The highest BCUT2D eigenvalue weighted by molar-refractivity contribution is 5.80. The summed E-state index contributed by atoms with van der Waals surface area (Å²) in [6.45, 7) is 12.1. The summed E-state index contributed by atoms with van der Waals surface area (Å²) in [5.41, 5.74) is 4.60. The molecule has 3 nitrogen and oxygen atoms in total. The number of aryl methyl sites for hydroxylation is 2. The second-order valence-corrected chi connectivity index (χ2v) is 6.43. The van der Waals surface area contributed by atoms with Crippen molar-refractivity contribution in [2.75, 3.05) is 0 Å². The van der Waals surface area contributed by atoms with Gasteiger partial charge in [-0.15, -0.1) is 0 Å². The third-order valence-corrected chi connectivity index (χ3v) is 4.64. The van der Waals surface area contributed by atoms with Gasteiger partial charge in [0.2, 0.25) is 11.5 Å². The summed E-state index contributed by atoms with van der Waals surface area (Å²) in [6, 6.07) is 4.14. The molecule has 128 valence electrons. The van der Waals surface area contributed by atoms with E-state index in [1.807, 2.05) is 12.2 Å². The van der Waals surface area contributed by atoms with Gasteiger partial charge < -0.3 is 14.2 Å². The highest BCUT2D eigenvalue weighted by atomic mass is 16.6. The predicted octanol–water partition coefficient (Wildman–Crippen LogP) is 6.88. The van der Waals surface area contributed by atoms with E-state index in [-0.39, 0.29) is 0 Å². The first-order valence-electron chi connectivity index (χ1n) is 8.89. The standard InChI is InChI=1S/C22H22O3/c1-5-9-13-11-17(21-19(24-21)15(13)7-3)23-18-12-14(10-6-2)16(8-4)20-22(18)25-20/h7-8,11-12H,3-6,9-10H2,1-2H3. The van der Waals surface area contributed by atoms with Crippen LogP contribution < -0.4 is 14.2 Å². The molecule has 0 aliphatic carbocycles. The van der Waals surface area contributed by atoms with E-state index in [2.05, 4.69) is 39.1 Å². The average molecular weight is 334 g/mol. The fourth-order valence-electron chi connectivity index (χ4n) is 3.40. The van der Waals surface area contributed by atoms with Crippen molar-refractivity contribution in [2.45, 2.75) is 39.5 Å². The van der Waals surface area contributed by atoms with Gasteiger partial charge in [0.15, 0.2) is 23.0 Å². The molecule has 0 radical (unpaired) electrons. The van der Waals surface area contributed by atoms with E-state index in [9.17, 15) is 0 Å². The molecule has 0 saturated heterocycles. The molecule has 0 amide bonds. The highest BCUT2D eigenvalue weighted by Crippen LogP contribution is 2.61. The lowest BCUT2D eigenvalue weighted by molar-refractivity contribution is 0.461. The summed E-state index contributed by atoms with van der Waals surface area (Å²) in [5.74, 6) is 4.94. The number of hydrogen-bond acceptors (Lipinski definition) is 3. The zero-order valence-electron chi connectivity index (χ0n) is 14.8. The minimum atomic E-state index is 0.760. The lowest BCUT2D eigenvalue weighted by Gasteiger charge is -2.08. The highest BCUT2D eigenvalue weighted by Gasteiger charge is 2.35. The van der Waals surface area contributed by atoms with Crippen LogP contribution in [0, 0.1) is 0 Å². The zero-order valence-corrected chi connectivity index (χ0v) is 14.8. The second-order valence-electron chi connectivity index (χ2n) is 6.43. The van der Waals surface area contributed by atoms with Crippen LogP contribution in [0.2, 0.25) is 0 Å². The maximum absolute atomic E-state index is 6.20. The van der Waals surface area contributed by atoms with Crippen molar-refractivity contribution in [3.8, 4) is 34.5 Å². The number of benzene rings is 2. The Labute approximate surface area is 148 Å². The molecule has 25 heavy (non-hydrogen) atoms. The molecule has 2 aliphatic heterocycles. The van der Waals surface area contributed by atoms with Crippen molar-refractivity contribution < 1.29 is 14.2 Å². The zero-order chi connectivity index (χ0) is 17.6. The van der Waals surface area contributed by atoms with Gasteiger partial charge in [-0.25, -0.2) is 0 Å². The first kappa shape index (κ1) is 15.8. The molecule has 2 aromatic carbocycles. The van der Waals surface area contributed by atoms with Crippen LogP contribution in [0.5, 0.6) is 34.5 Å². The molecule has 3 heteroatoms. The SMILES string of the molecule is C=Cc1c(CCC)cc(Oc2cc(CCC)c(C=C)c3c2O3)c2c1O2.